The summed E-state index contributed by atoms with van der Waals surface area (Å²) in [5.74, 6) is -0.790. The van der Waals surface area contributed by atoms with Crippen LogP contribution in [0.2, 0.25) is 0 Å². The highest BCUT2D eigenvalue weighted by Crippen LogP contribution is 2.18. The summed E-state index contributed by atoms with van der Waals surface area (Å²) in [7, 11) is 0. The van der Waals surface area contributed by atoms with Crippen molar-refractivity contribution >= 4 is 34.0 Å². The van der Waals surface area contributed by atoms with E-state index in [-0.39, 0.29) is 17.9 Å². The molecule has 0 radical (unpaired) electrons. The average Bonchev–Trinajstić information content (AvgIpc) is 2.77. The van der Waals surface area contributed by atoms with Crippen molar-refractivity contribution in [1.82, 2.24) is 10.2 Å². The molecule has 3 N–H and O–H groups in total. The summed E-state index contributed by atoms with van der Waals surface area (Å²) in [6.07, 6.45) is 0.195. The molecule has 31 heavy (non-hydrogen) atoms. The minimum Gasteiger partial charge on any atom is -0.326 e. The molecule has 0 atom stereocenters. The van der Waals surface area contributed by atoms with Gasteiger partial charge in [0.2, 0.25) is 11.8 Å². The normalized spacial score (nSPS) is 10.6. The molecule has 7 nitrogen and oxygen atoms in total. The van der Waals surface area contributed by atoms with Crippen molar-refractivity contribution in [2.24, 2.45) is 0 Å². The van der Waals surface area contributed by atoms with Gasteiger partial charge in [-0.25, -0.2) is 5.10 Å². The number of carbonyl (C=O) groups excluding carboxylic acids is 2. The Balaban J connectivity index is 1.43. The van der Waals surface area contributed by atoms with Crippen LogP contribution in [-0.4, -0.2) is 22.0 Å². The fourth-order valence-electron chi connectivity index (χ4n) is 3.34. The van der Waals surface area contributed by atoms with Crippen LogP contribution in [0.3, 0.4) is 0 Å². The molecule has 1 heterocycles. The Kier molecular flexibility index (Phi) is 5.84. The van der Waals surface area contributed by atoms with Crippen molar-refractivity contribution in [3.05, 3.63) is 100 Å². The topological polar surface area (TPSA) is 104 Å². The van der Waals surface area contributed by atoms with Gasteiger partial charge in [0, 0.05) is 23.2 Å². The molecule has 0 saturated carbocycles. The van der Waals surface area contributed by atoms with Crippen molar-refractivity contribution in [2.45, 2.75) is 12.8 Å². The molecule has 0 aliphatic heterocycles. The van der Waals surface area contributed by atoms with Gasteiger partial charge >= 0.3 is 0 Å². The second-order valence-electron chi connectivity index (χ2n) is 7.06. The zero-order valence-electron chi connectivity index (χ0n) is 16.6. The number of aromatic nitrogens is 2. The predicted molar refractivity (Wildman–Crippen MR) is 120 cm³/mol. The summed E-state index contributed by atoms with van der Waals surface area (Å²) in [4.78, 5) is 36.3. The van der Waals surface area contributed by atoms with Gasteiger partial charge in [0.15, 0.2) is 0 Å². The number of aromatic amines is 1. The molecule has 0 aliphatic carbocycles. The lowest BCUT2D eigenvalue weighted by atomic mass is 10.0. The van der Waals surface area contributed by atoms with E-state index >= 15 is 0 Å². The quantitative estimate of drug-likeness (QED) is 0.422. The third-order valence-electron chi connectivity index (χ3n) is 4.74. The first-order chi connectivity index (χ1) is 15.1. The number of benzene rings is 3. The number of H-pyrrole nitrogens is 1. The van der Waals surface area contributed by atoms with Gasteiger partial charge in [-0.2, -0.15) is 5.10 Å². The number of anilines is 2. The van der Waals surface area contributed by atoms with Gasteiger partial charge in [0.05, 0.1) is 11.1 Å². The van der Waals surface area contributed by atoms with Gasteiger partial charge in [0.1, 0.15) is 6.42 Å². The van der Waals surface area contributed by atoms with Crippen LogP contribution in [-0.2, 0) is 16.0 Å². The van der Waals surface area contributed by atoms with Crippen LogP contribution in [0, 0.1) is 0 Å². The third-order valence-corrected chi connectivity index (χ3v) is 4.74. The van der Waals surface area contributed by atoms with Crippen molar-refractivity contribution < 1.29 is 9.59 Å². The lowest BCUT2D eigenvalue weighted by Gasteiger charge is -2.09. The minimum atomic E-state index is -0.404. The number of carbonyl (C=O) groups is 2. The molecule has 7 heteroatoms. The zero-order valence-corrected chi connectivity index (χ0v) is 16.6. The first-order valence-corrected chi connectivity index (χ1v) is 9.78. The van der Waals surface area contributed by atoms with E-state index in [1.165, 1.54) is 0 Å². The fraction of sp³-hybridized carbons (Fsp3) is 0.0833. The maximum atomic E-state index is 12.3. The average molecular weight is 412 g/mol. The number of fused-ring (bicyclic) bond motifs is 1. The lowest BCUT2D eigenvalue weighted by molar-refractivity contribution is -0.123. The monoisotopic (exact) mass is 412 g/mol. The van der Waals surface area contributed by atoms with Crippen LogP contribution in [0.25, 0.3) is 10.8 Å². The van der Waals surface area contributed by atoms with E-state index in [0.29, 0.717) is 23.2 Å². The Morgan fingerprint density at radius 1 is 0.774 bits per heavy atom. The summed E-state index contributed by atoms with van der Waals surface area (Å²) in [6, 6.07) is 23.6. The van der Waals surface area contributed by atoms with E-state index in [1.807, 2.05) is 54.6 Å². The standard InChI is InChI=1S/C24H20N4O3/c29-22(25-17-8-2-1-3-9-17)15-23(30)26-18-10-6-7-16(13-18)14-21-19-11-4-5-12-20(19)24(31)28-27-21/h1-13H,14-15H2,(H,25,29)(H,26,30)(H,28,31). The second-order valence-corrected chi connectivity index (χ2v) is 7.06. The number of hydrogen-bond donors (Lipinski definition) is 3. The van der Waals surface area contributed by atoms with Crippen LogP contribution < -0.4 is 16.2 Å². The van der Waals surface area contributed by atoms with Gasteiger partial charge in [0.25, 0.3) is 5.56 Å². The first-order valence-electron chi connectivity index (χ1n) is 9.78. The highest BCUT2D eigenvalue weighted by atomic mass is 16.2. The van der Waals surface area contributed by atoms with Crippen molar-refractivity contribution in [3.8, 4) is 0 Å². The molecule has 154 valence electrons. The highest BCUT2D eigenvalue weighted by molar-refractivity contribution is 6.08. The van der Waals surface area contributed by atoms with E-state index in [0.717, 1.165) is 16.6 Å². The molecule has 0 saturated heterocycles. The predicted octanol–water partition coefficient (Wildman–Crippen LogP) is 3.48. The maximum Gasteiger partial charge on any atom is 0.272 e. The molecule has 0 fully saturated rings. The molecule has 0 unspecified atom stereocenters. The van der Waals surface area contributed by atoms with Crippen LogP contribution in [0.1, 0.15) is 17.7 Å². The maximum absolute atomic E-state index is 12.3. The van der Waals surface area contributed by atoms with E-state index in [4.69, 9.17) is 0 Å². The minimum absolute atomic E-state index is 0.228. The number of amides is 2. The van der Waals surface area contributed by atoms with Crippen LogP contribution in [0.5, 0.6) is 0 Å². The third kappa shape index (κ3) is 5.02. The van der Waals surface area contributed by atoms with E-state index in [2.05, 4.69) is 20.8 Å². The van der Waals surface area contributed by atoms with Gasteiger partial charge < -0.3 is 10.6 Å². The Morgan fingerprint density at radius 3 is 2.19 bits per heavy atom. The van der Waals surface area contributed by atoms with Crippen molar-refractivity contribution in [2.75, 3.05) is 10.6 Å². The van der Waals surface area contributed by atoms with E-state index in [1.54, 1.807) is 24.3 Å². The van der Waals surface area contributed by atoms with Gasteiger partial charge in [-0.1, -0.05) is 48.5 Å². The lowest BCUT2D eigenvalue weighted by Crippen LogP contribution is -2.21. The summed E-state index contributed by atoms with van der Waals surface area (Å²) in [5, 5.41) is 13.5. The first kappa shape index (κ1) is 20.0. The highest BCUT2D eigenvalue weighted by Gasteiger charge is 2.11. The summed E-state index contributed by atoms with van der Waals surface area (Å²) in [6.45, 7) is 0. The molecule has 4 rings (SSSR count). The Bertz CT molecular complexity index is 1300. The van der Waals surface area contributed by atoms with Gasteiger partial charge in [-0.3, -0.25) is 14.4 Å². The number of rotatable bonds is 6. The molecule has 0 aliphatic rings. The smallest absolute Gasteiger partial charge is 0.272 e. The number of para-hydroxylation sites is 1. The van der Waals surface area contributed by atoms with Gasteiger partial charge in [-0.15, -0.1) is 0 Å². The molecule has 1 aromatic heterocycles. The molecular weight excluding hydrogens is 392 g/mol. The summed E-state index contributed by atoms with van der Waals surface area (Å²) >= 11 is 0. The van der Waals surface area contributed by atoms with Crippen LogP contribution >= 0.6 is 0 Å². The summed E-state index contributed by atoms with van der Waals surface area (Å²) in [5.41, 5.74) is 2.65. The Morgan fingerprint density at radius 2 is 1.42 bits per heavy atom. The van der Waals surface area contributed by atoms with E-state index < -0.39 is 5.91 Å². The summed E-state index contributed by atoms with van der Waals surface area (Å²) < 4.78 is 0. The van der Waals surface area contributed by atoms with E-state index in [9.17, 15) is 14.4 Å². The second kappa shape index (κ2) is 9.04. The fourth-order valence-corrected chi connectivity index (χ4v) is 3.34. The Hall–Kier alpha value is -4.26. The van der Waals surface area contributed by atoms with Crippen LogP contribution in [0.4, 0.5) is 11.4 Å². The van der Waals surface area contributed by atoms with Crippen molar-refractivity contribution in [3.63, 3.8) is 0 Å². The number of hydrogen-bond acceptors (Lipinski definition) is 4. The number of nitrogens with zero attached hydrogens (tertiary/aromatic N) is 1. The molecule has 2 amide bonds. The Labute approximate surface area is 178 Å². The number of nitrogens with one attached hydrogen (secondary N) is 3. The van der Waals surface area contributed by atoms with Gasteiger partial charge in [-0.05, 0) is 35.9 Å². The van der Waals surface area contributed by atoms with Crippen LogP contribution in [0.15, 0.2) is 83.7 Å². The molecule has 4 aromatic rings. The molecular formula is C24H20N4O3. The zero-order chi connectivity index (χ0) is 21.6. The largest absolute Gasteiger partial charge is 0.326 e. The molecule has 3 aromatic carbocycles. The SMILES string of the molecule is O=C(CC(=O)Nc1cccc(Cc2n[nH]c(=O)c3ccccc23)c1)Nc1ccccc1. The molecule has 0 spiro atoms. The molecule has 0 bridgehead atoms. The van der Waals surface area contributed by atoms with Crippen molar-refractivity contribution in [1.29, 1.82) is 0 Å².